The summed E-state index contributed by atoms with van der Waals surface area (Å²) in [6.45, 7) is 2.72. The van der Waals surface area contributed by atoms with Crippen molar-refractivity contribution in [2.45, 2.75) is 11.8 Å². The Morgan fingerprint density at radius 1 is 1.40 bits per heavy atom. The molecule has 1 aromatic rings. The first-order valence-corrected chi connectivity index (χ1v) is 7.44. The number of nitro groups is 1. The molecule has 1 aromatic carbocycles. The second kappa shape index (κ2) is 7.17. The molecule has 0 unspecified atom stereocenters. The van der Waals surface area contributed by atoms with Gasteiger partial charge in [0.2, 0.25) is 10.0 Å². The summed E-state index contributed by atoms with van der Waals surface area (Å²) in [6.07, 6.45) is 0. The van der Waals surface area contributed by atoms with Gasteiger partial charge in [-0.2, -0.15) is 0 Å². The summed E-state index contributed by atoms with van der Waals surface area (Å²) >= 11 is 0. The Morgan fingerprint density at radius 2 is 2.10 bits per heavy atom. The first-order chi connectivity index (χ1) is 9.42. The highest BCUT2D eigenvalue weighted by Crippen LogP contribution is 2.26. The summed E-state index contributed by atoms with van der Waals surface area (Å²) in [4.78, 5) is 10.2. The Kier molecular flexibility index (Phi) is 5.86. The molecule has 20 heavy (non-hydrogen) atoms. The van der Waals surface area contributed by atoms with Crippen LogP contribution >= 0.6 is 0 Å². The molecule has 0 radical (unpaired) electrons. The largest absolute Gasteiger partial charge is 0.383 e. The number of nitrogens with zero attached hydrogens (tertiary/aromatic N) is 1. The van der Waals surface area contributed by atoms with E-state index in [0.717, 1.165) is 6.07 Å². The summed E-state index contributed by atoms with van der Waals surface area (Å²) in [7, 11) is -2.22. The van der Waals surface area contributed by atoms with Gasteiger partial charge in [0, 0.05) is 26.3 Å². The van der Waals surface area contributed by atoms with Gasteiger partial charge in [-0.15, -0.1) is 0 Å². The quantitative estimate of drug-likeness (QED) is 0.420. The van der Waals surface area contributed by atoms with Crippen LogP contribution in [0.1, 0.15) is 6.92 Å². The van der Waals surface area contributed by atoms with Crippen molar-refractivity contribution in [3.05, 3.63) is 28.3 Å². The molecule has 2 N–H and O–H groups in total. The van der Waals surface area contributed by atoms with Crippen LogP contribution in [0.3, 0.4) is 0 Å². The molecule has 0 amide bonds. The van der Waals surface area contributed by atoms with Gasteiger partial charge in [-0.25, -0.2) is 13.1 Å². The van der Waals surface area contributed by atoms with Gasteiger partial charge in [-0.3, -0.25) is 10.1 Å². The SMILES string of the molecule is CCOCCNS(=O)(=O)c1ccc([N+](=O)[O-])c(NC)c1. The van der Waals surface area contributed by atoms with Crippen molar-refractivity contribution in [1.29, 1.82) is 0 Å². The lowest BCUT2D eigenvalue weighted by Gasteiger charge is -2.08. The fraction of sp³-hybridized carbons (Fsp3) is 0.455. The molecule has 9 heteroatoms. The number of sulfonamides is 1. The van der Waals surface area contributed by atoms with Crippen LogP contribution in [0.4, 0.5) is 11.4 Å². The summed E-state index contributed by atoms with van der Waals surface area (Å²) in [5.41, 5.74) is -0.0385. The van der Waals surface area contributed by atoms with Crippen molar-refractivity contribution in [2.75, 3.05) is 32.1 Å². The van der Waals surface area contributed by atoms with Crippen LogP contribution < -0.4 is 10.0 Å². The van der Waals surface area contributed by atoms with Crippen LogP contribution in [0.5, 0.6) is 0 Å². The molecule has 112 valence electrons. The molecule has 1 rings (SSSR count). The van der Waals surface area contributed by atoms with Gasteiger partial charge >= 0.3 is 0 Å². The van der Waals surface area contributed by atoms with E-state index in [1.54, 1.807) is 0 Å². The molecule has 0 saturated heterocycles. The number of anilines is 1. The normalized spacial score (nSPS) is 11.3. The van der Waals surface area contributed by atoms with E-state index in [9.17, 15) is 18.5 Å². The highest BCUT2D eigenvalue weighted by molar-refractivity contribution is 7.89. The van der Waals surface area contributed by atoms with Gasteiger partial charge in [0.05, 0.1) is 16.4 Å². The standard InChI is InChI=1S/C11H17N3O5S/c1-3-19-7-6-13-20(17,18)9-4-5-11(14(15)16)10(8-9)12-2/h4-5,8,12-13H,3,6-7H2,1-2H3. The van der Waals surface area contributed by atoms with Crippen LogP contribution in [0.15, 0.2) is 23.1 Å². The van der Waals surface area contributed by atoms with Crippen molar-refractivity contribution >= 4 is 21.4 Å². The van der Waals surface area contributed by atoms with Gasteiger partial charge in [-0.05, 0) is 19.1 Å². The first kappa shape index (κ1) is 16.3. The second-order valence-electron chi connectivity index (χ2n) is 3.78. The number of rotatable bonds is 8. The molecule has 0 aromatic heterocycles. The van der Waals surface area contributed by atoms with E-state index < -0.39 is 14.9 Å². The van der Waals surface area contributed by atoms with Gasteiger partial charge < -0.3 is 10.1 Å². The third-order valence-electron chi connectivity index (χ3n) is 2.49. The maximum atomic E-state index is 12.0. The third-order valence-corrected chi connectivity index (χ3v) is 3.95. The van der Waals surface area contributed by atoms with Crippen molar-refractivity contribution in [3.8, 4) is 0 Å². The van der Waals surface area contributed by atoms with Crippen molar-refractivity contribution in [1.82, 2.24) is 4.72 Å². The minimum atomic E-state index is -3.71. The summed E-state index contributed by atoms with van der Waals surface area (Å²) < 4.78 is 31.4. The van der Waals surface area contributed by atoms with E-state index in [-0.39, 0.29) is 29.4 Å². The third kappa shape index (κ3) is 4.15. The van der Waals surface area contributed by atoms with Crippen LogP contribution in [-0.4, -0.2) is 40.1 Å². The Balaban J connectivity index is 2.93. The van der Waals surface area contributed by atoms with Crippen LogP contribution in [0.2, 0.25) is 0 Å². The number of benzene rings is 1. The Labute approximate surface area is 117 Å². The first-order valence-electron chi connectivity index (χ1n) is 5.96. The molecule has 0 aliphatic rings. The molecule has 8 nitrogen and oxygen atoms in total. The van der Waals surface area contributed by atoms with Crippen LogP contribution in [0.25, 0.3) is 0 Å². The van der Waals surface area contributed by atoms with Crippen LogP contribution in [-0.2, 0) is 14.8 Å². The van der Waals surface area contributed by atoms with E-state index in [2.05, 4.69) is 10.0 Å². The molecule has 0 aliphatic heterocycles. The van der Waals surface area contributed by atoms with Gasteiger partial charge in [-0.1, -0.05) is 0 Å². The monoisotopic (exact) mass is 303 g/mol. The average Bonchev–Trinajstić information content (AvgIpc) is 2.42. The molecule has 0 heterocycles. The molecular formula is C11H17N3O5S. The highest BCUT2D eigenvalue weighted by Gasteiger charge is 2.19. The molecule has 0 saturated carbocycles. The van der Waals surface area contributed by atoms with Gasteiger partial charge in [0.25, 0.3) is 5.69 Å². The van der Waals surface area contributed by atoms with E-state index in [4.69, 9.17) is 4.74 Å². The van der Waals surface area contributed by atoms with Crippen molar-refractivity contribution in [3.63, 3.8) is 0 Å². The predicted molar refractivity (Wildman–Crippen MR) is 74.3 cm³/mol. The lowest BCUT2D eigenvalue weighted by Crippen LogP contribution is -2.27. The smallest absolute Gasteiger partial charge is 0.292 e. The Bertz CT molecular complexity index is 573. The second-order valence-corrected chi connectivity index (χ2v) is 5.55. The lowest BCUT2D eigenvalue weighted by atomic mass is 10.3. The zero-order valence-corrected chi connectivity index (χ0v) is 12.1. The molecule has 0 aliphatic carbocycles. The molecule has 0 atom stereocenters. The van der Waals surface area contributed by atoms with E-state index in [1.165, 1.54) is 19.2 Å². The van der Waals surface area contributed by atoms with E-state index in [1.807, 2.05) is 6.92 Å². The van der Waals surface area contributed by atoms with Crippen molar-refractivity contribution in [2.24, 2.45) is 0 Å². The zero-order chi connectivity index (χ0) is 15.2. The number of ether oxygens (including phenoxy) is 1. The van der Waals surface area contributed by atoms with Gasteiger partial charge in [0.15, 0.2) is 0 Å². The summed E-state index contributed by atoms with van der Waals surface area (Å²) in [5.74, 6) is 0. The fourth-order valence-electron chi connectivity index (χ4n) is 1.52. The van der Waals surface area contributed by atoms with Crippen LogP contribution in [0, 0.1) is 10.1 Å². The highest BCUT2D eigenvalue weighted by atomic mass is 32.2. The fourth-order valence-corrected chi connectivity index (χ4v) is 2.56. The van der Waals surface area contributed by atoms with Crippen molar-refractivity contribution < 1.29 is 18.1 Å². The maximum Gasteiger partial charge on any atom is 0.292 e. The topological polar surface area (TPSA) is 111 Å². The van der Waals surface area contributed by atoms with E-state index >= 15 is 0 Å². The molecule has 0 fully saturated rings. The molecule has 0 bridgehead atoms. The lowest BCUT2D eigenvalue weighted by molar-refractivity contribution is -0.384. The number of nitro benzene ring substituents is 1. The minimum Gasteiger partial charge on any atom is -0.383 e. The zero-order valence-electron chi connectivity index (χ0n) is 11.3. The molecular weight excluding hydrogens is 286 g/mol. The Morgan fingerprint density at radius 3 is 2.65 bits per heavy atom. The average molecular weight is 303 g/mol. The van der Waals surface area contributed by atoms with Gasteiger partial charge in [0.1, 0.15) is 5.69 Å². The summed E-state index contributed by atoms with van der Waals surface area (Å²) in [5, 5.41) is 13.4. The number of hydrogen-bond acceptors (Lipinski definition) is 6. The Hall–Kier alpha value is -1.71. The minimum absolute atomic E-state index is 0.0380. The van der Waals surface area contributed by atoms with E-state index in [0.29, 0.717) is 6.61 Å². The number of nitrogens with one attached hydrogen (secondary N) is 2. The predicted octanol–water partition coefficient (Wildman–Crippen LogP) is 0.951. The summed E-state index contributed by atoms with van der Waals surface area (Å²) in [6, 6.07) is 3.58. The number of hydrogen-bond donors (Lipinski definition) is 2. The maximum absolute atomic E-state index is 12.0. The molecule has 0 spiro atoms.